The maximum absolute atomic E-state index is 13.7. The molecule has 0 radical (unpaired) electrons. The zero-order chi connectivity index (χ0) is 30.6. The summed E-state index contributed by atoms with van der Waals surface area (Å²) in [5.74, 6) is -0.364. The first-order valence-corrected chi connectivity index (χ1v) is 18.8. The molecule has 0 amide bonds. The zero-order valence-electron chi connectivity index (χ0n) is 24.2. The Labute approximate surface area is 255 Å². The molecule has 1 saturated carbocycles. The van der Waals surface area contributed by atoms with Crippen LogP contribution in [0.25, 0.3) is 11.2 Å². The lowest BCUT2D eigenvalue weighted by molar-refractivity contribution is 0.0176. The summed E-state index contributed by atoms with van der Waals surface area (Å²) in [6, 6.07) is 4.83. The zero-order valence-corrected chi connectivity index (χ0v) is 27.6. The predicted octanol–water partition coefficient (Wildman–Crippen LogP) is 6.82. The molecular weight excluding hydrogens is 620 g/mol. The van der Waals surface area contributed by atoms with Gasteiger partial charge in [0.15, 0.2) is 19.5 Å². The second-order valence-electron chi connectivity index (χ2n) is 12.3. The highest BCUT2D eigenvalue weighted by atomic mass is 35.5. The molecule has 3 aromatic rings. The highest BCUT2D eigenvalue weighted by Crippen LogP contribution is 2.58. The number of hydrogen-bond acceptors (Lipinski definition) is 9. The first-order valence-electron chi connectivity index (χ1n) is 13.7. The standard InChI is InChI=1S/C27H36Cl2N5O6PSi/c1-15-17(13-38-41(36)37-10-9-21(39-41)16-7-8-18(28)19(29)11-16)22(40-42(5,6)27(2,3)4)12-20(15)34-14-31-23-24(34)32-26(30)33-25(23)35/h7-8,11,14,17,20-22H,1,9-10,12-13H2,2-6H3,(H3,30,32,33,35)/t17-,20-,21+,22-,41-/m0/s1. The van der Waals surface area contributed by atoms with E-state index in [9.17, 15) is 9.36 Å². The molecular formula is C27H36Cl2N5O6PSi. The Morgan fingerprint density at radius 1 is 1.29 bits per heavy atom. The van der Waals surface area contributed by atoms with Crippen LogP contribution < -0.4 is 11.3 Å². The van der Waals surface area contributed by atoms with Gasteiger partial charge in [0.25, 0.3) is 5.56 Å². The van der Waals surface area contributed by atoms with Crippen LogP contribution in [0.5, 0.6) is 0 Å². The number of nitrogen functional groups attached to an aromatic ring is 1. The van der Waals surface area contributed by atoms with Gasteiger partial charge >= 0.3 is 7.82 Å². The molecule has 1 aliphatic heterocycles. The average molecular weight is 657 g/mol. The molecule has 11 nitrogen and oxygen atoms in total. The molecule has 1 aliphatic carbocycles. The van der Waals surface area contributed by atoms with E-state index in [4.69, 9.17) is 46.9 Å². The molecule has 228 valence electrons. The first-order chi connectivity index (χ1) is 19.6. The summed E-state index contributed by atoms with van der Waals surface area (Å²) < 4.78 is 39.8. The van der Waals surface area contributed by atoms with Crippen molar-refractivity contribution in [1.82, 2.24) is 19.5 Å². The summed E-state index contributed by atoms with van der Waals surface area (Å²) in [5, 5.41) is 0.740. The fourth-order valence-corrected chi connectivity index (χ4v) is 8.16. The Bertz CT molecular complexity index is 1620. The van der Waals surface area contributed by atoms with Crippen molar-refractivity contribution in [2.75, 3.05) is 18.9 Å². The van der Waals surface area contributed by atoms with Gasteiger partial charge in [-0.2, -0.15) is 4.98 Å². The van der Waals surface area contributed by atoms with Crippen LogP contribution in [-0.2, 0) is 22.6 Å². The van der Waals surface area contributed by atoms with Crippen LogP contribution in [0.4, 0.5) is 5.95 Å². The second-order valence-corrected chi connectivity index (χ2v) is 19.4. The van der Waals surface area contributed by atoms with Crippen molar-refractivity contribution in [3.63, 3.8) is 0 Å². The van der Waals surface area contributed by atoms with Gasteiger partial charge in [-0.15, -0.1) is 0 Å². The molecule has 2 aromatic heterocycles. The third-order valence-corrected chi connectivity index (χ3v) is 15.2. The lowest BCUT2D eigenvalue weighted by atomic mass is 10.0. The highest BCUT2D eigenvalue weighted by Gasteiger charge is 2.48. The van der Waals surface area contributed by atoms with Crippen molar-refractivity contribution in [3.8, 4) is 0 Å². The number of halogens is 2. The van der Waals surface area contributed by atoms with Crippen molar-refractivity contribution < 1.29 is 22.6 Å². The number of imidazole rings is 1. The average Bonchev–Trinajstić information content (AvgIpc) is 3.44. The van der Waals surface area contributed by atoms with E-state index in [1.54, 1.807) is 29.1 Å². The second kappa shape index (κ2) is 11.5. The van der Waals surface area contributed by atoms with E-state index in [1.165, 1.54) is 0 Å². The van der Waals surface area contributed by atoms with Crippen LogP contribution in [-0.4, -0.2) is 47.2 Å². The summed E-state index contributed by atoms with van der Waals surface area (Å²) in [6.07, 6.45) is 1.71. The topological polar surface area (TPSA) is 144 Å². The fraction of sp³-hybridized carbons (Fsp3) is 0.519. The van der Waals surface area contributed by atoms with Gasteiger partial charge in [-0.05, 0) is 47.8 Å². The molecule has 0 spiro atoms. The molecule has 3 N–H and O–H groups in total. The van der Waals surface area contributed by atoms with Gasteiger partial charge in [0.1, 0.15) is 0 Å². The van der Waals surface area contributed by atoms with Gasteiger partial charge in [-0.25, -0.2) is 9.55 Å². The van der Waals surface area contributed by atoms with Gasteiger partial charge in [-0.1, -0.05) is 56.6 Å². The minimum Gasteiger partial charge on any atom is -0.413 e. The van der Waals surface area contributed by atoms with Gasteiger partial charge in [0, 0.05) is 12.3 Å². The molecule has 42 heavy (non-hydrogen) atoms. The van der Waals surface area contributed by atoms with E-state index in [2.05, 4.69) is 55.4 Å². The number of benzene rings is 1. The fourth-order valence-electron chi connectivity index (χ4n) is 5.07. The predicted molar refractivity (Wildman–Crippen MR) is 165 cm³/mol. The Morgan fingerprint density at radius 3 is 2.71 bits per heavy atom. The molecule has 15 heteroatoms. The summed E-state index contributed by atoms with van der Waals surface area (Å²) in [7, 11) is -6.18. The smallest absolute Gasteiger partial charge is 0.413 e. The monoisotopic (exact) mass is 655 g/mol. The maximum Gasteiger partial charge on any atom is 0.475 e. The third-order valence-electron chi connectivity index (χ3n) is 8.46. The number of rotatable bonds is 7. The number of phosphoric ester groups is 1. The summed E-state index contributed by atoms with van der Waals surface area (Å²) in [4.78, 5) is 23.5. The van der Waals surface area contributed by atoms with Crippen LogP contribution in [0.1, 0.15) is 51.3 Å². The van der Waals surface area contributed by atoms with Crippen LogP contribution in [0, 0.1) is 5.92 Å². The van der Waals surface area contributed by atoms with E-state index < -0.39 is 27.8 Å². The third kappa shape index (κ3) is 6.14. The minimum absolute atomic E-state index is 0.00645. The van der Waals surface area contributed by atoms with Gasteiger partial charge < -0.3 is 14.7 Å². The molecule has 3 heterocycles. The van der Waals surface area contributed by atoms with Crippen molar-refractivity contribution >= 4 is 56.5 Å². The van der Waals surface area contributed by atoms with E-state index in [1.807, 2.05) is 0 Å². The van der Waals surface area contributed by atoms with E-state index in [0.29, 0.717) is 28.5 Å². The van der Waals surface area contributed by atoms with E-state index >= 15 is 0 Å². The Kier molecular flexibility index (Phi) is 8.58. The van der Waals surface area contributed by atoms with Crippen LogP contribution in [0.15, 0.2) is 41.5 Å². The molecule has 1 saturated heterocycles. The number of nitrogens with zero attached hydrogens (tertiary/aromatic N) is 3. The Hall–Kier alpha value is -2.02. The molecule has 1 aromatic carbocycles. The normalized spacial score (nSPS) is 27.2. The van der Waals surface area contributed by atoms with Gasteiger partial charge in [0.05, 0.1) is 47.8 Å². The minimum atomic E-state index is -3.94. The summed E-state index contributed by atoms with van der Waals surface area (Å²) >= 11 is 12.3. The number of anilines is 1. The Morgan fingerprint density at radius 2 is 2.02 bits per heavy atom. The maximum atomic E-state index is 13.7. The van der Waals surface area contributed by atoms with Crippen molar-refractivity contribution in [2.24, 2.45) is 5.92 Å². The number of fused-ring (bicyclic) bond motifs is 1. The van der Waals surface area contributed by atoms with Crippen LogP contribution in [0.3, 0.4) is 0 Å². The van der Waals surface area contributed by atoms with Gasteiger partial charge in [-0.3, -0.25) is 23.3 Å². The molecule has 5 atom stereocenters. The summed E-state index contributed by atoms with van der Waals surface area (Å²) in [6.45, 7) is 15.4. The van der Waals surface area contributed by atoms with E-state index in [-0.39, 0.29) is 47.8 Å². The lowest BCUT2D eigenvalue weighted by Crippen LogP contribution is -2.45. The Balaban J connectivity index is 1.41. The molecule has 0 unspecified atom stereocenters. The number of aromatic nitrogens is 4. The molecule has 5 rings (SSSR count). The quantitative estimate of drug-likeness (QED) is 0.159. The summed E-state index contributed by atoms with van der Waals surface area (Å²) in [5.41, 5.74) is 7.45. The SMILES string of the molecule is C=C1[C@H](CO[P@]2(=O)OCC[C@H](c3ccc(Cl)c(Cl)c3)O2)[C@@H](O[Si](C)(C)C(C)(C)C)C[C@@H]1n1cnc2c(=O)[nH]c(N)nc21. The van der Waals surface area contributed by atoms with Crippen molar-refractivity contribution in [2.45, 2.75) is 70.0 Å². The molecule has 0 bridgehead atoms. The number of nitrogens with one attached hydrogen (secondary N) is 1. The number of phosphoric acid groups is 1. The van der Waals surface area contributed by atoms with Crippen molar-refractivity contribution in [1.29, 1.82) is 0 Å². The van der Waals surface area contributed by atoms with Gasteiger partial charge in [0.2, 0.25) is 5.95 Å². The number of nitrogens with two attached hydrogens (primary N) is 1. The van der Waals surface area contributed by atoms with E-state index in [0.717, 1.165) is 11.1 Å². The molecule has 2 aliphatic rings. The van der Waals surface area contributed by atoms with Crippen LogP contribution in [0.2, 0.25) is 28.2 Å². The van der Waals surface area contributed by atoms with Crippen molar-refractivity contribution in [3.05, 3.63) is 62.6 Å². The largest absolute Gasteiger partial charge is 0.475 e. The number of H-pyrrole nitrogens is 1. The lowest BCUT2D eigenvalue weighted by Gasteiger charge is -2.40. The first kappa shape index (κ1) is 31.4. The highest BCUT2D eigenvalue weighted by molar-refractivity contribution is 7.48. The molecule has 2 fully saturated rings. The van der Waals surface area contributed by atoms with Crippen LogP contribution >= 0.6 is 31.0 Å². The number of hydrogen-bond donors (Lipinski definition) is 2. The number of aromatic amines is 1.